The smallest absolute Gasteiger partial charge is 0.222 e. The first-order valence-corrected chi connectivity index (χ1v) is 7.69. The number of nitrogens with zero attached hydrogens (tertiary/aromatic N) is 1. The van der Waals surface area contributed by atoms with Gasteiger partial charge in [-0.3, -0.25) is 4.79 Å². The molecule has 0 fully saturated rings. The van der Waals surface area contributed by atoms with Gasteiger partial charge < -0.3 is 10.6 Å². The van der Waals surface area contributed by atoms with Crippen molar-refractivity contribution in [2.24, 2.45) is 17.1 Å². The Morgan fingerprint density at radius 3 is 2.21 bits per heavy atom. The quantitative estimate of drug-likeness (QED) is 0.734. The summed E-state index contributed by atoms with van der Waals surface area (Å²) in [5, 5.41) is 0. The summed E-state index contributed by atoms with van der Waals surface area (Å²) in [5.74, 6) is 0.795. The van der Waals surface area contributed by atoms with Gasteiger partial charge in [-0.2, -0.15) is 0 Å². The topological polar surface area (TPSA) is 46.3 Å². The Kier molecular flexibility index (Phi) is 8.31. The molecule has 3 heteroatoms. The van der Waals surface area contributed by atoms with Crippen LogP contribution in [0.25, 0.3) is 0 Å². The molecule has 1 amide bonds. The van der Waals surface area contributed by atoms with Gasteiger partial charge in [0.25, 0.3) is 0 Å². The van der Waals surface area contributed by atoms with E-state index in [4.69, 9.17) is 5.73 Å². The zero-order chi connectivity index (χ0) is 15.1. The van der Waals surface area contributed by atoms with E-state index >= 15 is 0 Å². The van der Waals surface area contributed by atoms with Gasteiger partial charge in [-0.15, -0.1) is 0 Å². The van der Waals surface area contributed by atoms with E-state index in [1.807, 2.05) is 11.9 Å². The van der Waals surface area contributed by atoms with Crippen molar-refractivity contribution in [3.05, 3.63) is 0 Å². The minimum atomic E-state index is 0.229. The van der Waals surface area contributed by atoms with E-state index in [9.17, 15) is 4.79 Å². The van der Waals surface area contributed by atoms with Crippen molar-refractivity contribution >= 4 is 5.91 Å². The fourth-order valence-electron chi connectivity index (χ4n) is 2.54. The van der Waals surface area contributed by atoms with Gasteiger partial charge in [-0.25, -0.2) is 0 Å². The first-order valence-electron chi connectivity index (χ1n) is 7.69. The highest BCUT2D eigenvalue weighted by Crippen LogP contribution is 2.32. The lowest BCUT2D eigenvalue weighted by Crippen LogP contribution is -2.35. The monoisotopic (exact) mass is 270 g/mol. The molecule has 0 aromatic carbocycles. The summed E-state index contributed by atoms with van der Waals surface area (Å²) in [6.45, 7) is 11.7. The second kappa shape index (κ2) is 8.57. The molecule has 0 bridgehead atoms. The number of hydrogen-bond acceptors (Lipinski definition) is 2. The molecule has 0 rings (SSSR count). The van der Waals surface area contributed by atoms with E-state index < -0.39 is 0 Å². The molecule has 2 N–H and O–H groups in total. The predicted octanol–water partition coefficient (Wildman–Crippen LogP) is 3.42. The molecule has 0 aliphatic heterocycles. The summed E-state index contributed by atoms with van der Waals surface area (Å²) >= 11 is 0. The molecule has 0 aliphatic carbocycles. The van der Waals surface area contributed by atoms with E-state index in [0.29, 0.717) is 24.9 Å². The maximum Gasteiger partial charge on any atom is 0.222 e. The fourth-order valence-corrected chi connectivity index (χ4v) is 2.54. The normalized spacial score (nSPS) is 15.1. The zero-order valence-corrected chi connectivity index (χ0v) is 13.8. The molecule has 19 heavy (non-hydrogen) atoms. The Labute approximate surface area is 119 Å². The number of carbonyl (C=O) groups is 1. The summed E-state index contributed by atoms with van der Waals surface area (Å²) in [6.07, 6.45) is 4.80. The van der Waals surface area contributed by atoms with Gasteiger partial charge in [0.05, 0.1) is 0 Å². The van der Waals surface area contributed by atoms with Crippen molar-refractivity contribution in [2.75, 3.05) is 13.6 Å². The third-order valence-corrected chi connectivity index (χ3v) is 4.21. The number of nitrogens with two attached hydrogens (primary N) is 1. The minimum absolute atomic E-state index is 0.229. The van der Waals surface area contributed by atoms with Crippen molar-refractivity contribution in [3.8, 4) is 0 Å². The second-order valence-corrected chi connectivity index (χ2v) is 6.82. The van der Waals surface area contributed by atoms with Crippen LogP contribution < -0.4 is 5.73 Å². The van der Waals surface area contributed by atoms with Crippen LogP contribution in [0.4, 0.5) is 0 Å². The molecule has 2 unspecified atom stereocenters. The van der Waals surface area contributed by atoms with Gasteiger partial charge in [0.15, 0.2) is 0 Å². The summed E-state index contributed by atoms with van der Waals surface area (Å²) in [5.41, 5.74) is 5.91. The van der Waals surface area contributed by atoms with Crippen molar-refractivity contribution in [3.63, 3.8) is 0 Å². The summed E-state index contributed by atoms with van der Waals surface area (Å²) in [7, 11) is 1.93. The van der Waals surface area contributed by atoms with Crippen LogP contribution in [0.15, 0.2) is 0 Å². The van der Waals surface area contributed by atoms with Crippen LogP contribution in [-0.4, -0.2) is 30.4 Å². The van der Waals surface area contributed by atoms with Gasteiger partial charge in [0, 0.05) is 19.5 Å². The highest BCUT2D eigenvalue weighted by Gasteiger charge is 2.25. The van der Waals surface area contributed by atoms with E-state index in [-0.39, 0.29) is 11.3 Å². The van der Waals surface area contributed by atoms with Crippen LogP contribution in [0.2, 0.25) is 0 Å². The predicted molar refractivity (Wildman–Crippen MR) is 83.0 cm³/mol. The summed E-state index contributed by atoms with van der Waals surface area (Å²) in [6, 6.07) is 0.347. The molecule has 0 saturated heterocycles. The number of hydrogen-bond donors (Lipinski definition) is 1. The fraction of sp³-hybridized carbons (Fsp3) is 0.938. The van der Waals surface area contributed by atoms with Crippen LogP contribution in [0.5, 0.6) is 0 Å². The molecule has 3 nitrogen and oxygen atoms in total. The van der Waals surface area contributed by atoms with Gasteiger partial charge >= 0.3 is 0 Å². The van der Waals surface area contributed by atoms with Crippen LogP contribution in [0.3, 0.4) is 0 Å². The van der Waals surface area contributed by atoms with Crippen LogP contribution in [-0.2, 0) is 4.79 Å². The van der Waals surface area contributed by atoms with Crippen LogP contribution in [0.1, 0.15) is 66.7 Å². The number of amides is 1. The second-order valence-electron chi connectivity index (χ2n) is 6.82. The van der Waals surface area contributed by atoms with Gasteiger partial charge in [-0.1, -0.05) is 34.1 Å². The Bertz CT molecular complexity index is 258. The highest BCUT2D eigenvalue weighted by molar-refractivity contribution is 5.76. The zero-order valence-electron chi connectivity index (χ0n) is 13.8. The molecular weight excluding hydrogens is 236 g/mol. The molecule has 0 aromatic rings. The first kappa shape index (κ1) is 18.4. The third kappa shape index (κ3) is 6.95. The number of carbonyl (C=O) groups excluding carboxylic acids is 1. The maximum absolute atomic E-state index is 12.2. The van der Waals surface area contributed by atoms with Crippen LogP contribution in [0, 0.1) is 11.3 Å². The molecule has 0 spiro atoms. The van der Waals surface area contributed by atoms with Gasteiger partial charge in [0.2, 0.25) is 5.91 Å². The molecule has 0 radical (unpaired) electrons. The van der Waals surface area contributed by atoms with Gasteiger partial charge in [0.1, 0.15) is 0 Å². The Balaban J connectivity index is 4.32. The van der Waals surface area contributed by atoms with E-state index in [1.165, 1.54) is 0 Å². The minimum Gasteiger partial charge on any atom is -0.343 e. The SMILES string of the molecule is CCCC(C)N(C)C(=O)CCC(CCN)C(C)(C)C. The Hall–Kier alpha value is -0.570. The maximum atomic E-state index is 12.2. The first-order chi connectivity index (χ1) is 8.73. The van der Waals surface area contributed by atoms with Crippen LogP contribution >= 0.6 is 0 Å². The lowest BCUT2D eigenvalue weighted by Gasteiger charge is -2.31. The number of rotatable bonds is 8. The van der Waals surface area contributed by atoms with Crippen molar-refractivity contribution in [1.82, 2.24) is 4.90 Å². The van der Waals surface area contributed by atoms with E-state index in [1.54, 1.807) is 0 Å². The molecule has 2 atom stereocenters. The summed E-state index contributed by atoms with van der Waals surface area (Å²) in [4.78, 5) is 14.1. The van der Waals surface area contributed by atoms with E-state index in [0.717, 1.165) is 25.7 Å². The Morgan fingerprint density at radius 2 is 1.79 bits per heavy atom. The lowest BCUT2D eigenvalue weighted by atomic mass is 9.76. The molecule has 114 valence electrons. The highest BCUT2D eigenvalue weighted by atomic mass is 16.2. The average Bonchev–Trinajstić information content (AvgIpc) is 2.31. The van der Waals surface area contributed by atoms with Gasteiger partial charge in [-0.05, 0) is 44.1 Å². The molecule has 0 aliphatic rings. The van der Waals surface area contributed by atoms with Crippen molar-refractivity contribution < 1.29 is 4.79 Å². The Morgan fingerprint density at radius 1 is 1.21 bits per heavy atom. The van der Waals surface area contributed by atoms with Crippen molar-refractivity contribution in [1.29, 1.82) is 0 Å². The molecule has 0 heterocycles. The van der Waals surface area contributed by atoms with E-state index in [2.05, 4.69) is 34.6 Å². The average molecular weight is 270 g/mol. The molecule has 0 saturated carbocycles. The standard InChI is InChI=1S/C16H34N2O/c1-7-8-13(2)18(6)15(19)10-9-14(11-12-17)16(3,4)5/h13-14H,7-12,17H2,1-6H3. The lowest BCUT2D eigenvalue weighted by molar-refractivity contribution is -0.132. The molecular formula is C16H34N2O. The van der Waals surface area contributed by atoms with Crippen molar-refractivity contribution in [2.45, 2.75) is 72.8 Å². The largest absolute Gasteiger partial charge is 0.343 e. The third-order valence-electron chi connectivity index (χ3n) is 4.21. The molecule has 0 aromatic heterocycles. The summed E-state index contributed by atoms with van der Waals surface area (Å²) < 4.78 is 0.